The minimum Gasteiger partial charge on any atom is -0.493 e. The fourth-order valence-corrected chi connectivity index (χ4v) is 1.64. The van der Waals surface area contributed by atoms with Gasteiger partial charge in [0.15, 0.2) is 17.3 Å². The number of benzene rings is 1. The molecule has 1 aromatic carbocycles. The summed E-state index contributed by atoms with van der Waals surface area (Å²) in [6.45, 7) is 0. The van der Waals surface area contributed by atoms with Crippen LogP contribution < -0.4 is 14.2 Å². The highest BCUT2D eigenvalue weighted by atomic mass is 35.5. The van der Waals surface area contributed by atoms with Gasteiger partial charge < -0.3 is 14.2 Å². The van der Waals surface area contributed by atoms with Gasteiger partial charge in [0.25, 0.3) is 5.88 Å². The van der Waals surface area contributed by atoms with Gasteiger partial charge in [-0.05, 0) is 18.2 Å². The third-order valence-corrected chi connectivity index (χ3v) is 2.56. The smallest absolute Gasteiger partial charge is 0.256 e. The number of nitrogens with zero attached hydrogens (tertiary/aromatic N) is 1. The number of rotatable bonds is 4. The second kappa shape index (κ2) is 5.75. The van der Waals surface area contributed by atoms with Crippen molar-refractivity contribution in [2.75, 3.05) is 14.2 Å². The number of hydrogen-bond donors (Lipinski definition) is 0. The van der Waals surface area contributed by atoms with E-state index in [-0.39, 0.29) is 16.7 Å². The number of para-hydroxylation sites is 1. The molecule has 0 aliphatic carbocycles. The van der Waals surface area contributed by atoms with Crippen molar-refractivity contribution in [3.05, 3.63) is 41.3 Å². The Morgan fingerprint density at radius 2 is 1.79 bits per heavy atom. The van der Waals surface area contributed by atoms with Crippen molar-refractivity contribution in [3.63, 3.8) is 0 Å². The lowest BCUT2D eigenvalue weighted by atomic mass is 10.3. The lowest BCUT2D eigenvalue weighted by molar-refractivity contribution is 0.334. The topological polar surface area (TPSA) is 40.6 Å². The monoisotopic (exact) mass is 283 g/mol. The molecule has 0 saturated carbocycles. The Bertz CT molecular complexity index is 570. The van der Waals surface area contributed by atoms with Crippen LogP contribution in [0.4, 0.5) is 4.39 Å². The normalized spacial score (nSPS) is 10.1. The van der Waals surface area contributed by atoms with Crippen LogP contribution in [0.2, 0.25) is 5.02 Å². The lowest BCUT2D eigenvalue weighted by Crippen LogP contribution is -1.97. The Kier molecular flexibility index (Phi) is 4.06. The summed E-state index contributed by atoms with van der Waals surface area (Å²) in [4.78, 5) is 3.78. The van der Waals surface area contributed by atoms with Crippen LogP contribution >= 0.6 is 11.6 Å². The summed E-state index contributed by atoms with van der Waals surface area (Å²) >= 11 is 5.63. The minimum atomic E-state index is -0.666. The first-order valence-corrected chi connectivity index (χ1v) is 5.73. The second-order valence-electron chi connectivity index (χ2n) is 3.53. The zero-order valence-electron chi connectivity index (χ0n) is 10.3. The van der Waals surface area contributed by atoms with Gasteiger partial charge in [0.1, 0.15) is 0 Å². The zero-order valence-corrected chi connectivity index (χ0v) is 11.1. The van der Waals surface area contributed by atoms with E-state index in [0.717, 1.165) is 6.07 Å². The van der Waals surface area contributed by atoms with E-state index in [4.69, 9.17) is 25.8 Å². The third-order valence-electron chi connectivity index (χ3n) is 2.36. The molecule has 0 amide bonds. The van der Waals surface area contributed by atoms with E-state index in [2.05, 4.69) is 4.98 Å². The highest BCUT2D eigenvalue weighted by Gasteiger charge is 2.15. The molecule has 0 N–H and O–H groups in total. The van der Waals surface area contributed by atoms with Crippen LogP contribution in [0.1, 0.15) is 0 Å². The molecule has 1 heterocycles. The van der Waals surface area contributed by atoms with Crippen LogP contribution in [-0.4, -0.2) is 19.2 Å². The fourth-order valence-electron chi connectivity index (χ4n) is 1.49. The number of aromatic nitrogens is 1. The Labute approximate surface area is 114 Å². The SMILES string of the molecule is COc1cccc(OC)c1Oc1ncc(Cl)cc1F. The largest absolute Gasteiger partial charge is 0.493 e. The average Bonchev–Trinajstić information content (AvgIpc) is 2.42. The van der Waals surface area contributed by atoms with Crippen molar-refractivity contribution < 1.29 is 18.6 Å². The molecule has 0 bridgehead atoms. The molecule has 0 spiro atoms. The molecule has 0 unspecified atom stereocenters. The Morgan fingerprint density at radius 3 is 2.32 bits per heavy atom. The molecule has 0 aliphatic heterocycles. The van der Waals surface area contributed by atoms with E-state index >= 15 is 0 Å². The molecule has 1 aromatic heterocycles. The summed E-state index contributed by atoms with van der Waals surface area (Å²) in [6.07, 6.45) is 1.29. The maximum Gasteiger partial charge on any atom is 0.256 e. The highest BCUT2D eigenvalue weighted by Crippen LogP contribution is 2.40. The Morgan fingerprint density at radius 1 is 1.16 bits per heavy atom. The molecule has 0 saturated heterocycles. The van der Waals surface area contributed by atoms with Crippen molar-refractivity contribution in [2.24, 2.45) is 0 Å². The van der Waals surface area contributed by atoms with E-state index in [9.17, 15) is 4.39 Å². The quantitative estimate of drug-likeness (QED) is 0.858. The number of halogens is 2. The molecule has 19 heavy (non-hydrogen) atoms. The number of hydrogen-bond acceptors (Lipinski definition) is 4. The first-order chi connectivity index (χ1) is 9.15. The number of ether oxygens (including phenoxy) is 3. The number of methoxy groups -OCH3 is 2. The Balaban J connectivity index is 2.42. The standard InChI is InChI=1S/C13H11ClFNO3/c1-17-10-4-3-5-11(18-2)12(10)19-13-9(15)6-8(14)7-16-13/h3-7H,1-2H3. The molecule has 0 fully saturated rings. The van der Waals surface area contributed by atoms with Crippen LogP contribution in [-0.2, 0) is 0 Å². The summed E-state index contributed by atoms with van der Waals surface area (Å²) in [7, 11) is 2.96. The van der Waals surface area contributed by atoms with Gasteiger partial charge in [-0.25, -0.2) is 9.37 Å². The van der Waals surface area contributed by atoms with Crippen molar-refractivity contribution in [1.29, 1.82) is 0 Å². The van der Waals surface area contributed by atoms with Crippen LogP contribution in [0.5, 0.6) is 23.1 Å². The van der Waals surface area contributed by atoms with Gasteiger partial charge in [0, 0.05) is 6.20 Å². The minimum absolute atomic E-state index is 0.192. The third kappa shape index (κ3) is 2.88. The van der Waals surface area contributed by atoms with E-state index in [0.29, 0.717) is 11.5 Å². The van der Waals surface area contributed by atoms with Gasteiger partial charge in [-0.15, -0.1) is 0 Å². The van der Waals surface area contributed by atoms with Crippen LogP contribution in [0.15, 0.2) is 30.5 Å². The van der Waals surface area contributed by atoms with E-state index in [1.807, 2.05) is 0 Å². The second-order valence-corrected chi connectivity index (χ2v) is 3.97. The molecule has 100 valence electrons. The Hall–Kier alpha value is -2.01. The van der Waals surface area contributed by atoms with Crippen molar-refractivity contribution in [1.82, 2.24) is 4.98 Å². The maximum absolute atomic E-state index is 13.7. The van der Waals surface area contributed by atoms with E-state index in [1.54, 1.807) is 18.2 Å². The van der Waals surface area contributed by atoms with Crippen molar-refractivity contribution in [2.45, 2.75) is 0 Å². The molecule has 2 aromatic rings. The van der Waals surface area contributed by atoms with Crippen LogP contribution in [0.25, 0.3) is 0 Å². The van der Waals surface area contributed by atoms with E-state index in [1.165, 1.54) is 20.4 Å². The van der Waals surface area contributed by atoms with E-state index < -0.39 is 5.82 Å². The summed E-state index contributed by atoms with van der Waals surface area (Å²) in [6, 6.07) is 6.19. The predicted molar refractivity (Wildman–Crippen MR) is 68.8 cm³/mol. The molecule has 0 radical (unpaired) electrons. The average molecular weight is 284 g/mol. The summed E-state index contributed by atoms with van der Waals surface area (Å²) < 4.78 is 29.4. The summed E-state index contributed by atoms with van der Waals surface area (Å²) in [5.41, 5.74) is 0. The maximum atomic E-state index is 13.7. The van der Waals surface area contributed by atoms with Crippen LogP contribution in [0, 0.1) is 5.82 Å². The van der Waals surface area contributed by atoms with Gasteiger partial charge in [-0.3, -0.25) is 0 Å². The van der Waals surface area contributed by atoms with Crippen molar-refractivity contribution in [3.8, 4) is 23.1 Å². The molecule has 6 heteroatoms. The predicted octanol–water partition coefficient (Wildman–Crippen LogP) is 3.68. The summed E-state index contributed by atoms with van der Waals surface area (Å²) in [5, 5.41) is 0.192. The first kappa shape index (κ1) is 13.4. The number of pyridine rings is 1. The van der Waals surface area contributed by atoms with Gasteiger partial charge in [-0.2, -0.15) is 0 Å². The lowest BCUT2D eigenvalue weighted by Gasteiger charge is -2.13. The first-order valence-electron chi connectivity index (χ1n) is 5.35. The molecular formula is C13H11ClFNO3. The van der Waals surface area contributed by atoms with Gasteiger partial charge >= 0.3 is 0 Å². The molecule has 4 nitrogen and oxygen atoms in total. The highest BCUT2D eigenvalue weighted by molar-refractivity contribution is 6.30. The zero-order chi connectivity index (χ0) is 13.8. The molecule has 0 aliphatic rings. The molecular weight excluding hydrogens is 273 g/mol. The van der Waals surface area contributed by atoms with Gasteiger partial charge in [0.05, 0.1) is 19.2 Å². The fraction of sp³-hybridized carbons (Fsp3) is 0.154. The summed E-state index contributed by atoms with van der Waals surface area (Å²) in [5.74, 6) is 0.208. The van der Waals surface area contributed by atoms with Crippen LogP contribution in [0.3, 0.4) is 0 Å². The van der Waals surface area contributed by atoms with Gasteiger partial charge in [-0.1, -0.05) is 17.7 Å². The molecule has 0 atom stereocenters. The molecule has 2 rings (SSSR count). The van der Waals surface area contributed by atoms with Crippen molar-refractivity contribution >= 4 is 11.6 Å². The van der Waals surface area contributed by atoms with Gasteiger partial charge in [0.2, 0.25) is 5.75 Å².